The number of fused-ring (bicyclic) bond motifs is 1. The molecule has 2 heterocycles. The van der Waals surface area contributed by atoms with Gasteiger partial charge in [0.05, 0.1) is 19.3 Å². The lowest BCUT2D eigenvalue weighted by atomic mass is 10.1. The standard InChI is InChI=1S/C8H13N3OS/c1-2-6-4-11-8(12-5-6)7(13-9)3-10-11/h3,6H,2,4-5,9H2,1H3. The molecule has 0 radical (unpaired) electrons. The minimum Gasteiger partial charge on any atom is -0.477 e. The Morgan fingerprint density at radius 1 is 1.85 bits per heavy atom. The van der Waals surface area contributed by atoms with Crippen LogP contribution < -0.4 is 9.88 Å². The first-order valence-electron chi connectivity index (χ1n) is 4.40. The largest absolute Gasteiger partial charge is 0.477 e. The third kappa shape index (κ3) is 1.53. The fraction of sp³-hybridized carbons (Fsp3) is 0.625. The molecule has 1 aromatic heterocycles. The second-order valence-electron chi connectivity index (χ2n) is 3.20. The van der Waals surface area contributed by atoms with Crippen LogP contribution in [0.5, 0.6) is 5.88 Å². The van der Waals surface area contributed by atoms with Crippen LogP contribution in [0.2, 0.25) is 0 Å². The van der Waals surface area contributed by atoms with Gasteiger partial charge in [0.25, 0.3) is 0 Å². The van der Waals surface area contributed by atoms with Gasteiger partial charge in [0.2, 0.25) is 5.88 Å². The zero-order valence-electron chi connectivity index (χ0n) is 7.56. The SMILES string of the molecule is CCC1COc2c(SN)cnn2C1. The van der Waals surface area contributed by atoms with Gasteiger partial charge in [-0.15, -0.1) is 0 Å². The highest BCUT2D eigenvalue weighted by atomic mass is 32.2. The van der Waals surface area contributed by atoms with Crippen LogP contribution in [0.15, 0.2) is 11.1 Å². The maximum absolute atomic E-state index is 5.59. The highest BCUT2D eigenvalue weighted by molar-refractivity contribution is 7.97. The third-order valence-corrected chi connectivity index (χ3v) is 2.88. The van der Waals surface area contributed by atoms with E-state index in [4.69, 9.17) is 9.88 Å². The van der Waals surface area contributed by atoms with Gasteiger partial charge in [-0.1, -0.05) is 6.92 Å². The molecule has 1 atom stereocenters. The van der Waals surface area contributed by atoms with Gasteiger partial charge in [-0.3, -0.25) is 5.14 Å². The molecule has 5 heteroatoms. The summed E-state index contributed by atoms with van der Waals surface area (Å²) in [6, 6.07) is 0. The van der Waals surface area contributed by atoms with Crippen LogP contribution in [0.1, 0.15) is 13.3 Å². The molecule has 0 spiro atoms. The summed E-state index contributed by atoms with van der Waals surface area (Å²) in [7, 11) is 0. The summed E-state index contributed by atoms with van der Waals surface area (Å²) in [6.07, 6.45) is 2.89. The van der Waals surface area contributed by atoms with E-state index in [1.54, 1.807) is 6.20 Å². The molecule has 0 bridgehead atoms. The van der Waals surface area contributed by atoms with E-state index in [-0.39, 0.29) is 0 Å². The molecule has 1 aromatic rings. The second-order valence-corrected chi connectivity index (χ2v) is 3.87. The Morgan fingerprint density at radius 3 is 3.38 bits per heavy atom. The summed E-state index contributed by atoms with van der Waals surface area (Å²) in [4.78, 5) is 0.926. The topological polar surface area (TPSA) is 53.1 Å². The molecule has 1 aliphatic heterocycles. The quantitative estimate of drug-likeness (QED) is 0.729. The lowest BCUT2D eigenvalue weighted by Crippen LogP contribution is -2.25. The molecule has 0 aromatic carbocycles. The summed E-state index contributed by atoms with van der Waals surface area (Å²) in [5, 5.41) is 9.69. The summed E-state index contributed by atoms with van der Waals surface area (Å²) >= 11 is 1.19. The van der Waals surface area contributed by atoms with Crippen molar-refractivity contribution in [3.05, 3.63) is 6.20 Å². The number of hydrogen-bond donors (Lipinski definition) is 1. The molecular formula is C8H13N3OS. The summed E-state index contributed by atoms with van der Waals surface area (Å²) in [5.74, 6) is 1.42. The van der Waals surface area contributed by atoms with Gasteiger partial charge in [-0.25, -0.2) is 4.68 Å². The van der Waals surface area contributed by atoms with Gasteiger partial charge in [0.15, 0.2) is 0 Å². The maximum Gasteiger partial charge on any atom is 0.227 e. The Hall–Kier alpha value is -0.680. The number of rotatable bonds is 2. The van der Waals surface area contributed by atoms with Crippen molar-refractivity contribution in [3.63, 3.8) is 0 Å². The van der Waals surface area contributed by atoms with Crippen LogP contribution in [-0.4, -0.2) is 16.4 Å². The lowest BCUT2D eigenvalue weighted by molar-refractivity contribution is 0.157. The minimum atomic E-state index is 0.586. The number of ether oxygens (including phenoxy) is 1. The zero-order chi connectivity index (χ0) is 9.26. The molecule has 0 saturated carbocycles. The van der Waals surface area contributed by atoms with Crippen molar-refractivity contribution in [1.82, 2.24) is 9.78 Å². The Bertz CT molecular complexity index is 300. The van der Waals surface area contributed by atoms with E-state index in [1.807, 2.05) is 4.68 Å². The van der Waals surface area contributed by atoms with Gasteiger partial charge >= 0.3 is 0 Å². The maximum atomic E-state index is 5.59. The van der Waals surface area contributed by atoms with Crippen molar-refractivity contribution in [1.29, 1.82) is 0 Å². The van der Waals surface area contributed by atoms with Crippen LogP contribution in [0.3, 0.4) is 0 Å². The summed E-state index contributed by atoms with van der Waals surface area (Å²) in [6.45, 7) is 3.91. The monoisotopic (exact) mass is 199 g/mol. The van der Waals surface area contributed by atoms with Gasteiger partial charge in [0, 0.05) is 5.92 Å². The number of nitrogens with zero attached hydrogens (tertiary/aromatic N) is 2. The van der Waals surface area contributed by atoms with Crippen molar-refractivity contribution >= 4 is 11.9 Å². The van der Waals surface area contributed by atoms with E-state index in [0.29, 0.717) is 5.92 Å². The van der Waals surface area contributed by atoms with E-state index >= 15 is 0 Å². The van der Waals surface area contributed by atoms with Crippen LogP contribution in [-0.2, 0) is 6.54 Å². The fourth-order valence-corrected chi connectivity index (χ4v) is 1.83. The normalized spacial score (nSPS) is 20.9. The first-order valence-corrected chi connectivity index (χ1v) is 5.28. The molecular weight excluding hydrogens is 186 g/mol. The third-order valence-electron chi connectivity index (χ3n) is 2.35. The lowest BCUT2D eigenvalue weighted by Gasteiger charge is -2.23. The van der Waals surface area contributed by atoms with Crippen molar-refractivity contribution in [2.45, 2.75) is 24.8 Å². The van der Waals surface area contributed by atoms with Gasteiger partial charge in [-0.05, 0) is 18.4 Å². The van der Waals surface area contributed by atoms with Crippen LogP contribution >= 0.6 is 11.9 Å². The number of aromatic nitrogens is 2. The predicted molar refractivity (Wildman–Crippen MR) is 51.5 cm³/mol. The van der Waals surface area contributed by atoms with Crippen LogP contribution in [0.4, 0.5) is 0 Å². The van der Waals surface area contributed by atoms with E-state index in [0.717, 1.165) is 30.3 Å². The van der Waals surface area contributed by atoms with Crippen LogP contribution in [0, 0.1) is 5.92 Å². The van der Waals surface area contributed by atoms with Gasteiger partial charge in [0.1, 0.15) is 4.90 Å². The molecule has 0 fully saturated rings. The first kappa shape index (κ1) is 8.90. The Morgan fingerprint density at radius 2 is 2.69 bits per heavy atom. The second kappa shape index (κ2) is 3.59. The number of hydrogen-bond acceptors (Lipinski definition) is 4. The van der Waals surface area contributed by atoms with E-state index < -0.39 is 0 Å². The van der Waals surface area contributed by atoms with Crippen molar-refractivity contribution in [3.8, 4) is 5.88 Å². The number of nitrogens with two attached hydrogens (primary N) is 1. The molecule has 0 aliphatic carbocycles. The molecule has 0 saturated heterocycles. The summed E-state index contributed by atoms with van der Waals surface area (Å²) in [5.41, 5.74) is 0. The van der Waals surface area contributed by atoms with E-state index in [2.05, 4.69) is 12.0 Å². The van der Waals surface area contributed by atoms with Gasteiger partial charge < -0.3 is 4.74 Å². The van der Waals surface area contributed by atoms with Gasteiger partial charge in [-0.2, -0.15) is 5.10 Å². The summed E-state index contributed by atoms with van der Waals surface area (Å²) < 4.78 is 7.48. The molecule has 2 N–H and O–H groups in total. The van der Waals surface area contributed by atoms with Crippen molar-refractivity contribution < 1.29 is 4.74 Å². The molecule has 1 aliphatic rings. The van der Waals surface area contributed by atoms with Crippen molar-refractivity contribution in [2.24, 2.45) is 11.1 Å². The Labute approximate surface area is 81.6 Å². The van der Waals surface area contributed by atoms with Crippen LogP contribution in [0.25, 0.3) is 0 Å². The molecule has 72 valence electrons. The molecule has 0 amide bonds. The van der Waals surface area contributed by atoms with E-state index in [9.17, 15) is 0 Å². The molecule has 1 unspecified atom stereocenters. The first-order chi connectivity index (χ1) is 6.35. The fourth-order valence-electron chi connectivity index (χ4n) is 1.45. The highest BCUT2D eigenvalue weighted by Crippen LogP contribution is 2.30. The zero-order valence-corrected chi connectivity index (χ0v) is 8.38. The molecule has 2 rings (SSSR count). The molecule has 4 nitrogen and oxygen atoms in total. The average molecular weight is 199 g/mol. The van der Waals surface area contributed by atoms with E-state index in [1.165, 1.54) is 11.9 Å². The Balaban J connectivity index is 2.22. The van der Waals surface area contributed by atoms with Crippen molar-refractivity contribution in [2.75, 3.05) is 6.61 Å². The predicted octanol–water partition coefficient (Wildman–Crippen LogP) is 1.27. The minimum absolute atomic E-state index is 0.586. The smallest absolute Gasteiger partial charge is 0.227 e. The average Bonchev–Trinajstić information content (AvgIpc) is 2.59. The highest BCUT2D eigenvalue weighted by Gasteiger charge is 2.21. The Kier molecular flexibility index (Phi) is 2.46. The molecule has 13 heavy (non-hydrogen) atoms.